The molecule has 46 heavy (non-hydrogen) atoms. The molecule has 2 aliphatic heterocycles. The van der Waals surface area contributed by atoms with Gasteiger partial charge in [-0.15, -0.1) is 0 Å². The molecule has 248 valence electrons. The molecule has 0 unspecified atom stereocenters. The number of rotatable bonds is 13. The zero-order valence-corrected chi connectivity index (χ0v) is 26.7. The number of hydrogen-bond acceptors (Lipinski definition) is 11. The van der Waals surface area contributed by atoms with Gasteiger partial charge in [0.25, 0.3) is 0 Å². The smallest absolute Gasteiger partial charge is 0.407 e. The predicted molar refractivity (Wildman–Crippen MR) is 164 cm³/mol. The van der Waals surface area contributed by atoms with E-state index >= 15 is 0 Å². The molecule has 2 saturated heterocycles. The highest BCUT2D eigenvalue weighted by molar-refractivity contribution is 7.89. The van der Waals surface area contributed by atoms with Crippen molar-refractivity contribution in [2.75, 3.05) is 33.4 Å². The number of fused-ring (bicyclic) bond motifs is 1. The van der Waals surface area contributed by atoms with Crippen LogP contribution in [0.1, 0.15) is 36.3 Å². The van der Waals surface area contributed by atoms with E-state index in [9.17, 15) is 23.1 Å². The number of carbonyl (C=O) groups excluding carboxylic acids is 2. The molecule has 0 saturated carbocycles. The van der Waals surface area contributed by atoms with Crippen LogP contribution in [0.2, 0.25) is 0 Å². The molecule has 5 rings (SSSR count). The van der Waals surface area contributed by atoms with Crippen molar-refractivity contribution in [3.8, 4) is 11.5 Å². The first-order chi connectivity index (χ1) is 22.0. The van der Waals surface area contributed by atoms with Crippen LogP contribution in [0, 0.1) is 11.8 Å². The Morgan fingerprint density at radius 1 is 1.09 bits per heavy atom. The van der Waals surface area contributed by atoms with E-state index in [1.165, 1.54) is 35.7 Å². The van der Waals surface area contributed by atoms with Gasteiger partial charge in [0.05, 0.1) is 43.3 Å². The average molecular weight is 658 g/mol. The number of aliphatic hydroxyl groups is 1. The first kappa shape index (κ1) is 33.5. The lowest BCUT2D eigenvalue weighted by molar-refractivity contribution is -0.0907. The Kier molecular flexibility index (Phi) is 10.7. The van der Waals surface area contributed by atoms with Crippen molar-refractivity contribution in [2.24, 2.45) is 11.8 Å². The Morgan fingerprint density at radius 3 is 2.52 bits per heavy atom. The largest absolute Gasteiger partial charge is 0.464 e. The van der Waals surface area contributed by atoms with E-state index in [2.05, 4.69) is 15.0 Å². The summed E-state index contributed by atoms with van der Waals surface area (Å²) in [6, 6.07) is 14.3. The summed E-state index contributed by atoms with van der Waals surface area (Å²) >= 11 is 0. The van der Waals surface area contributed by atoms with Crippen molar-refractivity contribution in [2.45, 2.75) is 56.1 Å². The normalized spacial score (nSPS) is 20.8. The minimum atomic E-state index is -4.09. The number of ether oxygens (including phenoxy) is 4. The summed E-state index contributed by atoms with van der Waals surface area (Å²) in [7, 11) is -2.86. The third-order valence-corrected chi connectivity index (χ3v) is 9.75. The van der Waals surface area contributed by atoms with Gasteiger partial charge in [0.1, 0.15) is 12.4 Å². The van der Waals surface area contributed by atoms with Gasteiger partial charge in [0.15, 0.2) is 12.0 Å². The molecule has 2 aromatic carbocycles. The van der Waals surface area contributed by atoms with Crippen molar-refractivity contribution in [3.05, 3.63) is 72.1 Å². The maximum Gasteiger partial charge on any atom is 0.407 e. The highest BCUT2D eigenvalue weighted by Crippen LogP contribution is 2.33. The van der Waals surface area contributed by atoms with E-state index in [-0.39, 0.29) is 60.7 Å². The molecule has 2 aliphatic rings. The van der Waals surface area contributed by atoms with Crippen LogP contribution in [0.3, 0.4) is 0 Å². The number of nitrogens with zero attached hydrogens (tertiary/aromatic N) is 2. The van der Waals surface area contributed by atoms with Gasteiger partial charge in [-0.3, -0.25) is 0 Å². The number of sulfonamides is 1. The minimum Gasteiger partial charge on any atom is -0.464 e. The number of alkyl carbamates (subject to hydrolysis) is 1. The number of methoxy groups -OCH3 is 1. The summed E-state index contributed by atoms with van der Waals surface area (Å²) in [5, 5.41) is 14.3. The first-order valence-corrected chi connectivity index (χ1v) is 16.6. The van der Waals surface area contributed by atoms with Crippen LogP contribution in [-0.2, 0) is 35.4 Å². The van der Waals surface area contributed by atoms with E-state index in [0.29, 0.717) is 18.6 Å². The summed E-state index contributed by atoms with van der Waals surface area (Å²) in [4.78, 5) is 28.9. The van der Waals surface area contributed by atoms with Gasteiger partial charge >= 0.3 is 12.1 Å². The molecule has 0 radical (unpaired) electrons. The number of aromatic nitrogens is 1. The van der Waals surface area contributed by atoms with Crippen LogP contribution in [0.25, 0.3) is 11.5 Å². The standard InChI is InChI=1S/C32H39N3O10S/c1-20(2)16-35(46(39,40)23-11-9-22(10-12-23)29-33-26(18-43-29)30(37)41-3)17-27(36)25(15-21-7-5-4-6-8-21)34-32(38)45-28-19-44-31-24(28)13-14-42-31/h4-12,18,20,24-25,27-28,31,36H,13-17,19H2,1-3H3,(H,34,38)/t24-,25-,27+,28-,31+/m0/s1. The lowest BCUT2D eigenvalue weighted by atomic mass is 10.0. The summed E-state index contributed by atoms with van der Waals surface area (Å²) < 4.78 is 55.8. The quantitative estimate of drug-likeness (QED) is 0.259. The number of amides is 1. The molecular weight excluding hydrogens is 618 g/mol. The molecule has 1 aromatic heterocycles. The molecule has 3 heterocycles. The number of hydrogen-bond donors (Lipinski definition) is 2. The third-order valence-electron chi connectivity index (χ3n) is 7.91. The van der Waals surface area contributed by atoms with Crippen LogP contribution >= 0.6 is 0 Å². The molecule has 0 bridgehead atoms. The van der Waals surface area contributed by atoms with Crippen LogP contribution < -0.4 is 5.32 Å². The first-order valence-electron chi connectivity index (χ1n) is 15.1. The molecule has 3 aromatic rings. The highest BCUT2D eigenvalue weighted by Gasteiger charge is 2.44. The lowest BCUT2D eigenvalue weighted by Gasteiger charge is -2.31. The van der Waals surface area contributed by atoms with Gasteiger partial charge in [-0.1, -0.05) is 44.2 Å². The maximum absolute atomic E-state index is 13.9. The van der Waals surface area contributed by atoms with E-state index in [1.54, 1.807) is 0 Å². The Labute approximate surface area is 267 Å². The molecule has 5 atom stereocenters. The molecule has 2 fully saturated rings. The number of oxazole rings is 1. The SMILES string of the molecule is COC(=O)c1coc(-c2ccc(S(=O)(=O)N(CC(C)C)C[C@@H](O)[C@H](Cc3ccccc3)NC(=O)O[C@H]3CO[C@H]4OCC[C@H]43)cc2)n1. The van der Waals surface area contributed by atoms with Crippen molar-refractivity contribution >= 4 is 22.1 Å². The Morgan fingerprint density at radius 2 is 1.83 bits per heavy atom. The van der Waals surface area contributed by atoms with E-state index in [1.807, 2.05) is 44.2 Å². The second-order valence-corrected chi connectivity index (χ2v) is 13.7. The molecule has 0 spiro atoms. The average Bonchev–Trinajstić information content (AvgIpc) is 3.80. The minimum absolute atomic E-state index is 0.00889. The van der Waals surface area contributed by atoms with Crippen molar-refractivity contribution in [3.63, 3.8) is 0 Å². The second kappa shape index (κ2) is 14.7. The van der Waals surface area contributed by atoms with E-state index in [0.717, 1.165) is 11.8 Å². The van der Waals surface area contributed by atoms with Gasteiger partial charge in [0.2, 0.25) is 15.9 Å². The molecule has 14 heteroatoms. The lowest BCUT2D eigenvalue weighted by Crippen LogP contribution is -2.51. The Balaban J connectivity index is 1.32. The fraction of sp³-hybridized carbons (Fsp3) is 0.469. The summed E-state index contributed by atoms with van der Waals surface area (Å²) in [6.45, 7) is 4.34. The number of esters is 1. The fourth-order valence-corrected chi connectivity index (χ4v) is 7.18. The van der Waals surface area contributed by atoms with Crippen LogP contribution in [0.5, 0.6) is 0 Å². The zero-order chi connectivity index (χ0) is 32.8. The van der Waals surface area contributed by atoms with E-state index in [4.69, 9.17) is 18.6 Å². The van der Waals surface area contributed by atoms with E-state index < -0.39 is 40.3 Å². The monoisotopic (exact) mass is 657 g/mol. The number of benzene rings is 2. The maximum atomic E-state index is 13.9. The molecule has 13 nitrogen and oxygen atoms in total. The van der Waals surface area contributed by atoms with Crippen LogP contribution in [0.15, 0.2) is 70.2 Å². The summed E-state index contributed by atoms with van der Waals surface area (Å²) in [6.07, 6.45) is -0.764. The van der Waals surface area contributed by atoms with Gasteiger partial charge in [-0.25, -0.2) is 23.0 Å². The number of aliphatic hydroxyl groups excluding tert-OH is 1. The van der Waals surface area contributed by atoms with Gasteiger partial charge in [0, 0.05) is 18.7 Å². The molecule has 1 amide bonds. The predicted octanol–water partition coefficient (Wildman–Crippen LogP) is 3.23. The molecule has 2 N–H and O–H groups in total. The van der Waals surface area contributed by atoms with Gasteiger partial charge in [-0.05, 0) is 48.6 Å². The van der Waals surface area contributed by atoms with Crippen molar-refractivity contribution in [1.29, 1.82) is 0 Å². The molecule has 0 aliphatic carbocycles. The third kappa shape index (κ3) is 7.93. The Bertz CT molecular complexity index is 1580. The fourth-order valence-electron chi connectivity index (χ4n) is 5.56. The second-order valence-electron chi connectivity index (χ2n) is 11.7. The Hall–Kier alpha value is -3.82. The van der Waals surface area contributed by atoms with Gasteiger partial charge < -0.3 is 33.8 Å². The number of carbonyl (C=O) groups is 2. The summed E-state index contributed by atoms with van der Waals surface area (Å²) in [5.41, 5.74) is 1.29. The number of nitrogens with one attached hydrogen (secondary N) is 1. The zero-order valence-electron chi connectivity index (χ0n) is 25.9. The highest BCUT2D eigenvalue weighted by atomic mass is 32.2. The summed E-state index contributed by atoms with van der Waals surface area (Å²) in [5.74, 6) is -0.657. The van der Waals surface area contributed by atoms with Gasteiger partial charge in [-0.2, -0.15) is 4.31 Å². The topological polar surface area (TPSA) is 167 Å². The van der Waals surface area contributed by atoms with Crippen molar-refractivity contribution < 1.29 is 46.5 Å². The van der Waals surface area contributed by atoms with Crippen LogP contribution in [-0.4, -0.2) is 92.8 Å². The van der Waals surface area contributed by atoms with Crippen LogP contribution in [0.4, 0.5) is 4.79 Å². The molecular formula is C32H39N3O10S. The van der Waals surface area contributed by atoms with Crippen molar-refractivity contribution in [1.82, 2.24) is 14.6 Å².